The monoisotopic (exact) mass is 381 g/mol. The molecule has 26 heavy (non-hydrogen) atoms. The number of nitrogens with one attached hydrogen (secondary N) is 1. The van der Waals surface area contributed by atoms with E-state index in [0.29, 0.717) is 5.69 Å². The number of sulfonamides is 1. The second kappa shape index (κ2) is 6.49. The van der Waals surface area contributed by atoms with Crippen LogP contribution >= 0.6 is 0 Å². The highest BCUT2D eigenvalue weighted by atomic mass is 32.2. The van der Waals surface area contributed by atoms with Gasteiger partial charge in [-0.05, 0) is 36.8 Å². The van der Waals surface area contributed by atoms with E-state index in [-0.39, 0.29) is 16.1 Å². The van der Waals surface area contributed by atoms with E-state index in [0.717, 1.165) is 12.3 Å². The van der Waals surface area contributed by atoms with E-state index in [1.807, 2.05) is 6.07 Å². The Bertz CT molecular complexity index is 1030. The maximum absolute atomic E-state index is 13.0. The predicted molar refractivity (Wildman–Crippen MR) is 90.6 cm³/mol. The van der Waals surface area contributed by atoms with Crippen molar-refractivity contribution in [3.8, 4) is 5.69 Å². The first kappa shape index (κ1) is 18.0. The molecule has 0 bridgehead atoms. The van der Waals surface area contributed by atoms with Crippen LogP contribution in [0.2, 0.25) is 0 Å². The lowest BCUT2D eigenvalue weighted by molar-refractivity contribution is -0.138. The third kappa shape index (κ3) is 3.72. The Morgan fingerprint density at radius 1 is 1.08 bits per heavy atom. The van der Waals surface area contributed by atoms with Crippen LogP contribution < -0.4 is 4.72 Å². The highest BCUT2D eigenvalue weighted by molar-refractivity contribution is 7.92. The topological polar surface area (TPSA) is 64.0 Å². The summed E-state index contributed by atoms with van der Waals surface area (Å²) in [5.41, 5.74) is -0.394. The molecule has 0 aliphatic heterocycles. The molecule has 0 aliphatic carbocycles. The van der Waals surface area contributed by atoms with Crippen LogP contribution in [0.3, 0.4) is 0 Å². The molecule has 3 aromatic rings. The third-order valence-electron chi connectivity index (χ3n) is 3.69. The fraction of sp³-hybridized carbons (Fsp3) is 0.118. The van der Waals surface area contributed by atoms with Crippen molar-refractivity contribution in [3.63, 3.8) is 0 Å². The van der Waals surface area contributed by atoms with Gasteiger partial charge in [-0.15, -0.1) is 0 Å². The van der Waals surface area contributed by atoms with Gasteiger partial charge in [-0.1, -0.05) is 24.3 Å². The average Bonchev–Trinajstić information content (AvgIpc) is 3.07. The molecule has 2 aromatic carbocycles. The maximum Gasteiger partial charge on any atom is 0.416 e. The maximum atomic E-state index is 13.0. The Hall–Kier alpha value is -2.81. The fourth-order valence-electron chi connectivity index (χ4n) is 2.37. The molecular formula is C17H14F3N3O2S. The number of benzene rings is 2. The second-order valence-electron chi connectivity index (χ2n) is 5.59. The van der Waals surface area contributed by atoms with Gasteiger partial charge in [0.25, 0.3) is 10.0 Å². The first-order valence-corrected chi connectivity index (χ1v) is 8.96. The quantitative estimate of drug-likeness (QED) is 0.743. The molecule has 0 fully saturated rings. The molecule has 1 heterocycles. The van der Waals surface area contributed by atoms with Crippen LogP contribution in [0.1, 0.15) is 11.1 Å². The molecule has 9 heteroatoms. The van der Waals surface area contributed by atoms with E-state index in [2.05, 4.69) is 9.82 Å². The molecule has 0 saturated heterocycles. The zero-order valence-electron chi connectivity index (χ0n) is 13.5. The number of para-hydroxylation sites is 1. The Morgan fingerprint density at radius 2 is 1.77 bits per heavy atom. The fourth-order valence-corrected chi connectivity index (χ4v) is 3.35. The standard InChI is InChI=1S/C17H14F3N3O2S/c1-12-7-8-13(9-16(12)17(18,19)20)22-26(24,25)15-10-21-23(11-15)14-5-3-2-4-6-14/h2-11,22H,1H3. The van der Waals surface area contributed by atoms with Crippen LogP contribution in [-0.4, -0.2) is 18.2 Å². The minimum atomic E-state index is -4.57. The summed E-state index contributed by atoms with van der Waals surface area (Å²) in [6.45, 7) is 1.31. The Morgan fingerprint density at radius 3 is 2.42 bits per heavy atom. The van der Waals surface area contributed by atoms with Gasteiger partial charge in [0.15, 0.2) is 0 Å². The van der Waals surface area contributed by atoms with Gasteiger partial charge in [0.05, 0.1) is 23.6 Å². The summed E-state index contributed by atoms with van der Waals surface area (Å²) in [6, 6.07) is 12.1. The van der Waals surface area contributed by atoms with Crippen LogP contribution in [0.5, 0.6) is 0 Å². The van der Waals surface area contributed by atoms with Gasteiger partial charge >= 0.3 is 6.18 Å². The molecule has 0 unspecified atom stereocenters. The van der Waals surface area contributed by atoms with E-state index >= 15 is 0 Å². The number of aryl methyl sites for hydroxylation is 1. The summed E-state index contributed by atoms with van der Waals surface area (Å²) < 4.78 is 67.4. The number of anilines is 1. The molecule has 0 saturated carbocycles. The molecule has 0 radical (unpaired) electrons. The highest BCUT2D eigenvalue weighted by Gasteiger charge is 2.32. The lowest BCUT2D eigenvalue weighted by atomic mass is 10.1. The molecule has 5 nitrogen and oxygen atoms in total. The summed E-state index contributed by atoms with van der Waals surface area (Å²) in [5, 5.41) is 3.98. The molecular weight excluding hydrogens is 367 g/mol. The van der Waals surface area contributed by atoms with Gasteiger partial charge in [0.2, 0.25) is 0 Å². The number of rotatable bonds is 4. The van der Waals surface area contributed by atoms with Gasteiger partial charge in [0, 0.05) is 5.69 Å². The zero-order chi connectivity index (χ0) is 18.9. The van der Waals surface area contributed by atoms with E-state index in [1.165, 1.54) is 29.9 Å². The smallest absolute Gasteiger partial charge is 0.280 e. The first-order chi connectivity index (χ1) is 12.2. The number of alkyl halides is 3. The summed E-state index contributed by atoms with van der Waals surface area (Å²) >= 11 is 0. The van der Waals surface area contributed by atoms with Crippen molar-refractivity contribution in [2.45, 2.75) is 18.0 Å². The zero-order valence-corrected chi connectivity index (χ0v) is 14.3. The molecule has 0 aliphatic rings. The van der Waals surface area contributed by atoms with Crippen LogP contribution in [0.25, 0.3) is 5.69 Å². The van der Waals surface area contributed by atoms with Gasteiger partial charge in [-0.3, -0.25) is 4.72 Å². The van der Waals surface area contributed by atoms with Crippen molar-refractivity contribution in [2.24, 2.45) is 0 Å². The Labute approximate surface area is 148 Å². The summed E-state index contributed by atoms with van der Waals surface area (Å²) in [5.74, 6) is 0. The number of hydrogen-bond acceptors (Lipinski definition) is 3. The average molecular weight is 381 g/mol. The van der Waals surface area contributed by atoms with Crippen molar-refractivity contribution in [1.29, 1.82) is 0 Å². The number of hydrogen-bond donors (Lipinski definition) is 1. The highest BCUT2D eigenvalue weighted by Crippen LogP contribution is 2.33. The lowest BCUT2D eigenvalue weighted by Crippen LogP contribution is -2.14. The van der Waals surface area contributed by atoms with Crippen LogP contribution in [-0.2, 0) is 16.2 Å². The van der Waals surface area contributed by atoms with Crippen molar-refractivity contribution in [2.75, 3.05) is 4.72 Å². The van der Waals surface area contributed by atoms with Crippen LogP contribution in [0.15, 0.2) is 65.8 Å². The summed E-state index contributed by atoms with van der Waals surface area (Å²) in [4.78, 5) is -0.157. The van der Waals surface area contributed by atoms with E-state index < -0.39 is 21.8 Å². The van der Waals surface area contributed by atoms with Crippen molar-refractivity contribution in [1.82, 2.24) is 9.78 Å². The largest absolute Gasteiger partial charge is 0.416 e. The van der Waals surface area contributed by atoms with Gasteiger partial charge in [0.1, 0.15) is 4.90 Å². The lowest BCUT2D eigenvalue weighted by Gasteiger charge is -2.13. The summed E-state index contributed by atoms with van der Waals surface area (Å²) in [7, 11) is -4.08. The minimum Gasteiger partial charge on any atom is -0.280 e. The minimum absolute atomic E-state index is 0.0114. The normalized spacial score (nSPS) is 12.2. The molecule has 0 amide bonds. The molecule has 0 spiro atoms. The number of halogens is 3. The second-order valence-corrected chi connectivity index (χ2v) is 7.27. The Kier molecular flexibility index (Phi) is 4.49. The molecule has 0 atom stereocenters. The predicted octanol–water partition coefficient (Wildman–Crippen LogP) is 4.00. The van der Waals surface area contributed by atoms with E-state index in [4.69, 9.17) is 0 Å². The van der Waals surface area contributed by atoms with Gasteiger partial charge in [-0.2, -0.15) is 18.3 Å². The van der Waals surface area contributed by atoms with Crippen LogP contribution in [0.4, 0.5) is 18.9 Å². The first-order valence-electron chi connectivity index (χ1n) is 7.47. The van der Waals surface area contributed by atoms with Crippen molar-refractivity contribution >= 4 is 15.7 Å². The Balaban J connectivity index is 1.90. The summed E-state index contributed by atoms with van der Waals surface area (Å²) in [6.07, 6.45) is -2.14. The van der Waals surface area contributed by atoms with Gasteiger partial charge in [-0.25, -0.2) is 13.1 Å². The van der Waals surface area contributed by atoms with E-state index in [1.54, 1.807) is 24.3 Å². The van der Waals surface area contributed by atoms with Crippen molar-refractivity contribution < 1.29 is 21.6 Å². The molecule has 1 N–H and O–H groups in total. The molecule has 136 valence electrons. The SMILES string of the molecule is Cc1ccc(NS(=O)(=O)c2cnn(-c3ccccc3)c2)cc1C(F)(F)F. The van der Waals surface area contributed by atoms with Crippen LogP contribution in [0, 0.1) is 6.92 Å². The van der Waals surface area contributed by atoms with Crippen molar-refractivity contribution in [3.05, 3.63) is 72.1 Å². The van der Waals surface area contributed by atoms with Gasteiger partial charge < -0.3 is 0 Å². The number of aromatic nitrogens is 2. The number of nitrogens with zero attached hydrogens (tertiary/aromatic N) is 2. The van der Waals surface area contributed by atoms with E-state index in [9.17, 15) is 21.6 Å². The third-order valence-corrected chi connectivity index (χ3v) is 5.02. The molecule has 3 rings (SSSR count). The molecule has 1 aromatic heterocycles.